The van der Waals surface area contributed by atoms with Gasteiger partial charge in [-0.2, -0.15) is 5.26 Å². The Labute approximate surface area is 140 Å². The maximum Gasteiger partial charge on any atom is 0.328 e. The SMILES string of the molecule is CC(=O)[C@H]1[C@@H](c2ccccc2)[C@]1(C#N)C(=O)OCc1ccccc1. The first-order valence-electron chi connectivity index (χ1n) is 7.79. The third-order valence-corrected chi connectivity index (χ3v) is 4.54. The Morgan fingerprint density at radius 3 is 2.21 bits per heavy atom. The van der Waals surface area contributed by atoms with E-state index in [4.69, 9.17) is 4.74 Å². The fourth-order valence-electron chi connectivity index (χ4n) is 3.34. The summed E-state index contributed by atoms with van der Waals surface area (Å²) in [4.78, 5) is 24.6. The molecule has 4 heteroatoms. The summed E-state index contributed by atoms with van der Waals surface area (Å²) >= 11 is 0. The van der Waals surface area contributed by atoms with Gasteiger partial charge in [-0.05, 0) is 18.1 Å². The normalized spacial score (nSPS) is 24.7. The second-order valence-electron chi connectivity index (χ2n) is 6.02. The molecule has 0 N–H and O–H groups in total. The Hall–Kier alpha value is -2.93. The summed E-state index contributed by atoms with van der Waals surface area (Å²) < 4.78 is 5.36. The van der Waals surface area contributed by atoms with Crippen LogP contribution in [0.15, 0.2) is 60.7 Å². The molecule has 0 amide bonds. The number of rotatable bonds is 5. The van der Waals surface area contributed by atoms with Crippen molar-refractivity contribution in [1.82, 2.24) is 0 Å². The first-order valence-corrected chi connectivity index (χ1v) is 7.79. The minimum atomic E-state index is -1.41. The Balaban J connectivity index is 1.83. The van der Waals surface area contributed by atoms with Gasteiger partial charge < -0.3 is 4.74 Å². The molecule has 3 rings (SSSR count). The molecule has 0 saturated heterocycles. The van der Waals surface area contributed by atoms with E-state index in [0.29, 0.717) is 0 Å². The lowest BCUT2D eigenvalue weighted by molar-refractivity contribution is -0.150. The quantitative estimate of drug-likeness (QED) is 0.793. The lowest BCUT2D eigenvalue weighted by Crippen LogP contribution is -2.22. The van der Waals surface area contributed by atoms with Crippen LogP contribution in [0.5, 0.6) is 0 Å². The lowest BCUT2D eigenvalue weighted by Gasteiger charge is -2.10. The zero-order valence-electron chi connectivity index (χ0n) is 13.3. The number of hydrogen-bond donors (Lipinski definition) is 0. The molecule has 1 aliphatic carbocycles. The van der Waals surface area contributed by atoms with E-state index in [9.17, 15) is 14.9 Å². The zero-order chi connectivity index (χ0) is 17.2. The van der Waals surface area contributed by atoms with Crippen molar-refractivity contribution in [3.8, 4) is 6.07 Å². The predicted octanol–water partition coefficient (Wildman–Crippen LogP) is 3.24. The van der Waals surface area contributed by atoms with Crippen molar-refractivity contribution in [3.05, 3.63) is 71.8 Å². The molecule has 0 aromatic heterocycles. The van der Waals surface area contributed by atoms with Crippen molar-refractivity contribution >= 4 is 11.8 Å². The highest BCUT2D eigenvalue weighted by molar-refractivity contribution is 5.98. The van der Waals surface area contributed by atoms with Crippen LogP contribution in [-0.4, -0.2) is 11.8 Å². The molecule has 0 aliphatic heterocycles. The van der Waals surface area contributed by atoms with Crippen LogP contribution in [-0.2, 0) is 20.9 Å². The number of ether oxygens (including phenoxy) is 1. The number of esters is 1. The molecule has 2 aromatic carbocycles. The fourth-order valence-corrected chi connectivity index (χ4v) is 3.34. The summed E-state index contributed by atoms with van der Waals surface area (Å²) in [6.07, 6.45) is 0. The summed E-state index contributed by atoms with van der Waals surface area (Å²) in [6.45, 7) is 1.51. The summed E-state index contributed by atoms with van der Waals surface area (Å²) in [5.74, 6) is -1.87. The Morgan fingerprint density at radius 2 is 1.67 bits per heavy atom. The Morgan fingerprint density at radius 1 is 1.08 bits per heavy atom. The van der Waals surface area contributed by atoms with E-state index in [1.807, 2.05) is 60.7 Å². The van der Waals surface area contributed by atoms with Crippen LogP contribution >= 0.6 is 0 Å². The van der Waals surface area contributed by atoms with Crippen LogP contribution in [0.4, 0.5) is 0 Å². The molecule has 1 aliphatic rings. The van der Waals surface area contributed by atoms with E-state index in [0.717, 1.165) is 11.1 Å². The highest BCUT2D eigenvalue weighted by Gasteiger charge is 2.74. The minimum absolute atomic E-state index is 0.0925. The Bertz CT molecular complexity index is 795. The molecule has 0 bridgehead atoms. The second-order valence-corrected chi connectivity index (χ2v) is 6.02. The van der Waals surface area contributed by atoms with Gasteiger partial charge in [-0.25, -0.2) is 0 Å². The highest BCUT2D eigenvalue weighted by Crippen LogP contribution is 2.65. The van der Waals surface area contributed by atoms with Gasteiger partial charge in [-0.15, -0.1) is 0 Å². The molecule has 2 aromatic rings. The molecular weight excluding hydrogens is 302 g/mol. The van der Waals surface area contributed by atoms with Gasteiger partial charge in [0.25, 0.3) is 0 Å². The van der Waals surface area contributed by atoms with Crippen molar-refractivity contribution in [1.29, 1.82) is 5.26 Å². The number of Topliss-reactive ketones (excluding diaryl/α,β-unsaturated/α-hetero) is 1. The standard InChI is InChI=1S/C20H17NO3/c1-14(22)17-18(16-10-6-3-7-11-16)20(17,13-21)19(23)24-12-15-8-4-2-5-9-15/h2-11,17-18H,12H2,1H3/t17-,18+,20+/m0/s1. The van der Waals surface area contributed by atoms with Gasteiger partial charge in [0.2, 0.25) is 0 Å². The van der Waals surface area contributed by atoms with E-state index in [2.05, 4.69) is 6.07 Å². The molecule has 0 spiro atoms. The summed E-state index contributed by atoms with van der Waals surface area (Å²) in [5.41, 5.74) is 0.244. The van der Waals surface area contributed by atoms with Crippen molar-refractivity contribution in [2.75, 3.05) is 0 Å². The van der Waals surface area contributed by atoms with E-state index < -0.39 is 23.2 Å². The van der Waals surface area contributed by atoms with Crippen molar-refractivity contribution < 1.29 is 14.3 Å². The third-order valence-electron chi connectivity index (χ3n) is 4.54. The number of carbonyl (C=O) groups is 2. The summed E-state index contributed by atoms with van der Waals surface area (Å²) in [6, 6.07) is 20.5. The number of nitriles is 1. The number of carbonyl (C=O) groups excluding carboxylic acids is 2. The largest absolute Gasteiger partial charge is 0.460 e. The topological polar surface area (TPSA) is 67.2 Å². The number of hydrogen-bond acceptors (Lipinski definition) is 4. The average Bonchev–Trinajstić information content (AvgIpc) is 3.32. The van der Waals surface area contributed by atoms with Crippen LogP contribution in [0.2, 0.25) is 0 Å². The average molecular weight is 319 g/mol. The minimum Gasteiger partial charge on any atom is -0.460 e. The van der Waals surface area contributed by atoms with Gasteiger partial charge in [-0.3, -0.25) is 9.59 Å². The highest BCUT2D eigenvalue weighted by atomic mass is 16.5. The Kier molecular flexibility index (Phi) is 4.18. The maximum absolute atomic E-state index is 12.6. The smallest absolute Gasteiger partial charge is 0.328 e. The molecule has 3 atom stereocenters. The third kappa shape index (κ3) is 2.59. The lowest BCUT2D eigenvalue weighted by atomic mass is 10.0. The van der Waals surface area contributed by atoms with E-state index in [-0.39, 0.29) is 12.4 Å². The molecule has 0 radical (unpaired) electrons. The van der Waals surface area contributed by atoms with Gasteiger partial charge >= 0.3 is 5.97 Å². The van der Waals surface area contributed by atoms with Gasteiger partial charge in [0.05, 0.1) is 12.0 Å². The van der Waals surface area contributed by atoms with Crippen molar-refractivity contribution in [3.63, 3.8) is 0 Å². The predicted molar refractivity (Wildman–Crippen MR) is 87.6 cm³/mol. The van der Waals surface area contributed by atoms with E-state index in [1.54, 1.807) is 0 Å². The van der Waals surface area contributed by atoms with E-state index >= 15 is 0 Å². The van der Waals surface area contributed by atoms with Crippen LogP contribution in [0, 0.1) is 22.7 Å². The molecule has 0 unspecified atom stereocenters. The van der Waals surface area contributed by atoms with Crippen molar-refractivity contribution in [2.45, 2.75) is 19.4 Å². The summed E-state index contributed by atoms with van der Waals surface area (Å²) in [7, 11) is 0. The summed E-state index contributed by atoms with van der Waals surface area (Å²) in [5, 5.41) is 9.67. The molecule has 24 heavy (non-hydrogen) atoms. The number of benzene rings is 2. The van der Waals surface area contributed by atoms with Gasteiger partial charge in [0.15, 0.2) is 5.41 Å². The molecular formula is C20H17NO3. The van der Waals surface area contributed by atoms with Gasteiger partial charge in [-0.1, -0.05) is 60.7 Å². The first kappa shape index (κ1) is 15.9. The van der Waals surface area contributed by atoms with Gasteiger partial charge in [0.1, 0.15) is 12.4 Å². The molecule has 4 nitrogen and oxygen atoms in total. The van der Waals surface area contributed by atoms with Gasteiger partial charge in [0, 0.05) is 5.92 Å². The second kappa shape index (κ2) is 6.29. The number of ketones is 1. The first-order chi connectivity index (χ1) is 11.6. The molecule has 1 fully saturated rings. The monoisotopic (exact) mass is 319 g/mol. The van der Waals surface area contributed by atoms with E-state index in [1.165, 1.54) is 6.92 Å². The van der Waals surface area contributed by atoms with Crippen LogP contribution in [0.3, 0.4) is 0 Å². The molecule has 1 saturated carbocycles. The van der Waals surface area contributed by atoms with Crippen LogP contribution < -0.4 is 0 Å². The molecule has 120 valence electrons. The molecule has 0 heterocycles. The zero-order valence-corrected chi connectivity index (χ0v) is 13.3. The van der Waals surface area contributed by atoms with Crippen molar-refractivity contribution in [2.24, 2.45) is 11.3 Å². The maximum atomic E-state index is 12.6. The van der Waals surface area contributed by atoms with Crippen LogP contribution in [0.25, 0.3) is 0 Å². The van der Waals surface area contributed by atoms with Crippen LogP contribution in [0.1, 0.15) is 24.0 Å². The number of nitrogens with zero attached hydrogens (tertiary/aromatic N) is 1. The fraction of sp³-hybridized carbons (Fsp3) is 0.250.